The van der Waals surface area contributed by atoms with Crippen molar-refractivity contribution in [3.8, 4) is 11.5 Å². The molecule has 2 aliphatic heterocycles. The molecule has 1 N–H and O–H groups in total. The van der Waals surface area contributed by atoms with Crippen LogP contribution in [0, 0.1) is 6.92 Å². The Kier molecular flexibility index (Phi) is 4.62. The first-order chi connectivity index (χ1) is 16.1. The van der Waals surface area contributed by atoms with Crippen LogP contribution in [0.1, 0.15) is 34.4 Å². The predicted octanol–water partition coefficient (Wildman–Crippen LogP) is 5.81. The lowest BCUT2D eigenvalue weighted by Crippen LogP contribution is -2.32. The summed E-state index contributed by atoms with van der Waals surface area (Å²) in [5, 5.41) is 8.71. The Bertz CT molecular complexity index is 1380. The van der Waals surface area contributed by atoms with Crippen LogP contribution in [0.5, 0.6) is 11.5 Å². The molecule has 6 rings (SSSR count). The van der Waals surface area contributed by atoms with Crippen LogP contribution < -0.4 is 14.8 Å². The molecule has 0 saturated carbocycles. The molecule has 6 nitrogen and oxygen atoms in total. The van der Waals surface area contributed by atoms with Crippen LogP contribution in [-0.4, -0.2) is 21.9 Å². The summed E-state index contributed by atoms with van der Waals surface area (Å²) in [7, 11) is 1.67. The van der Waals surface area contributed by atoms with Crippen molar-refractivity contribution >= 4 is 23.2 Å². The van der Waals surface area contributed by atoms with E-state index in [9.17, 15) is 0 Å². The van der Waals surface area contributed by atoms with E-state index in [2.05, 4.69) is 58.7 Å². The van der Waals surface area contributed by atoms with Gasteiger partial charge in [-0.3, -0.25) is 0 Å². The van der Waals surface area contributed by atoms with Crippen LogP contribution in [0.15, 0.2) is 78.6 Å². The van der Waals surface area contributed by atoms with Gasteiger partial charge in [-0.15, -0.1) is 0 Å². The number of halogens is 1. The monoisotopic (exact) mass is 456 g/mol. The van der Waals surface area contributed by atoms with Crippen molar-refractivity contribution < 1.29 is 9.47 Å². The smallest absolute Gasteiger partial charge is 0.226 e. The quantitative estimate of drug-likeness (QED) is 0.421. The maximum Gasteiger partial charge on any atom is 0.226 e. The third kappa shape index (κ3) is 3.26. The highest BCUT2D eigenvalue weighted by Crippen LogP contribution is 2.51. The van der Waals surface area contributed by atoms with Gasteiger partial charge in [-0.1, -0.05) is 53.6 Å². The van der Waals surface area contributed by atoms with Gasteiger partial charge in [0.2, 0.25) is 5.95 Å². The van der Waals surface area contributed by atoms with Crippen molar-refractivity contribution in [1.82, 2.24) is 14.8 Å². The molecule has 0 bridgehead atoms. The summed E-state index contributed by atoms with van der Waals surface area (Å²) in [4.78, 5) is 4.47. The average Bonchev–Trinajstić information content (AvgIpc) is 3.31. The van der Waals surface area contributed by atoms with Crippen molar-refractivity contribution in [2.45, 2.75) is 19.1 Å². The second kappa shape index (κ2) is 7.67. The van der Waals surface area contributed by atoms with Crippen molar-refractivity contribution in [1.29, 1.82) is 0 Å². The number of fused-ring (bicyclic) bond motifs is 3. The zero-order chi connectivity index (χ0) is 22.5. The molecule has 2 atom stereocenters. The Morgan fingerprint density at radius 1 is 1.00 bits per heavy atom. The van der Waals surface area contributed by atoms with Gasteiger partial charge in [0.15, 0.2) is 0 Å². The highest BCUT2D eigenvalue weighted by atomic mass is 35.5. The first-order valence-electron chi connectivity index (χ1n) is 10.7. The van der Waals surface area contributed by atoms with Gasteiger partial charge in [0, 0.05) is 16.2 Å². The predicted molar refractivity (Wildman–Crippen MR) is 128 cm³/mol. The maximum atomic E-state index is 6.63. The number of hydrogen-bond donors (Lipinski definition) is 1. The Balaban J connectivity index is 1.61. The standard InChI is InChI=1S/C26H21ClN4O2/c1-15-3-5-17(6-4-15)25-22-23(20-13-18(27)9-12-21(20)33-25)30-26-28-14-29-31(26)24(22)16-7-10-19(32-2)11-8-16/h3-14,24-25H,1-2H3,(H,28,29,30)/t24-,25+/m1/s1. The van der Waals surface area contributed by atoms with Gasteiger partial charge < -0.3 is 14.8 Å². The van der Waals surface area contributed by atoms with Crippen molar-refractivity contribution in [2.75, 3.05) is 12.4 Å². The Morgan fingerprint density at radius 3 is 2.52 bits per heavy atom. The van der Waals surface area contributed by atoms with E-state index in [1.54, 1.807) is 13.4 Å². The molecule has 3 aromatic carbocycles. The number of anilines is 1. The molecule has 0 amide bonds. The van der Waals surface area contributed by atoms with Gasteiger partial charge in [0.05, 0.1) is 12.8 Å². The largest absolute Gasteiger partial charge is 0.497 e. The fraction of sp³-hybridized carbons (Fsp3) is 0.154. The molecule has 2 aliphatic rings. The number of ether oxygens (including phenoxy) is 2. The zero-order valence-electron chi connectivity index (χ0n) is 18.1. The first kappa shape index (κ1) is 19.9. The van der Waals surface area contributed by atoms with Crippen molar-refractivity contribution in [2.24, 2.45) is 0 Å². The van der Waals surface area contributed by atoms with Crippen LogP contribution in [0.25, 0.3) is 5.70 Å². The highest BCUT2D eigenvalue weighted by Gasteiger charge is 2.41. The number of nitrogens with zero attached hydrogens (tertiary/aromatic N) is 3. The molecule has 4 aromatic rings. The van der Waals surface area contributed by atoms with E-state index < -0.39 is 0 Å². The lowest BCUT2D eigenvalue weighted by molar-refractivity contribution is 0.223. The summed E-state index contributed by atoms with van der Waals surface area (Å²) in [5.74, 6) is 2.25. The number of aromatic nitrogens is 3. The molecule has 0 saturated heterocycles. The molecule has 33 heavy (non-hydrogen) atoms. The molecule has 7 heteroatoms. The summed E-state index contributed by atoms with van der Waals surface area (Å²) >= 11 is 6.39. The van der Waals surface area contributed by atoms with Crippen LogP contribution in [0.3, 0.4) is 0 Å². The number of rotatable bonds is 3. The van der Waals surface area contributed by atoms with Gasteiger partial charge in [-0.25, -0.2) is 4.68 Å². The SMILES string of the molecule is COc1ccc([C@@H]2C3=C(Nc4ncnn42)c2cc(Cl)ccc2O[C@H]3c2ccc(C)cc2)cc1. The summed E-state index contributed by atoms with van der Waals surface area (Å²) in [6.45, 7) is 2.08. The molecule has 3 heterocycles. The number of benzene rings is 3. The fourth-order valence-electron chi connectivity index (χ4n) is 4.56. The second-order valence-electron chi connectivity index (χ2n) is 8.21. The zero-order valence-corrected chi connectivity index (χ0v) is 18.9. The summed E-state index contributed by atoms with van der Waals surface area (Å²) in [6.07, 6.45) is 1.25. The highest BCUT2D eigenvalue weighted by molar-refractivity contribution is 6.30. The van der Waals surface area contributed by atoms with Crippen molar-refractivity contribution in [3.63, 3.8) is 0 Å². The summed E-state index contributed by atoms with van der Waals surface area (Å²) < 4.78 is 13.9. The molecular formula is C26H21ClN4O2. The van der Waals surface area contributed by atoms with Gasteiger partial charge in [0.1, 0.15) is 30.0 Å². The molecule has 1 aromatic heterocycles. The molecule has 0 spiro atoms. The third-order valence-electron chi connectivity index (χ3n) is 6.19. The Labute approximate surface area is 196 Å². The summed E-state index contributed by atoms with van der Waals surface area (Å²) in [6, 6.07) is 22.0. The van der Waals surface area contributed by atoms with E-state index in [1.807, 2.05) is 35.0 Å². The number of aryl methyl sites for hydroxylation is 1. The Hall–Kier alpha value is -3.77. The van der Waals surface area contributed by atoms with Gasteiger partial charge in [-0.2, -0.15) is 10.1 Å². The lowest BCUT2D eigenvalue weighted by Gasteiger charge is -2.39. The van der Waals surface area contributed by atoms with Crippen LogP contribution in [-0.2, 0) is 0 Å². The minimum atomic E-state index is -0.314. The topological polar surface area (TPSA) is 61.2 Å². The van der Waals surface area contributed by atoms with E-state index in [0.29, 0.717) is 11.0 Å². The van der Waals surface area contributed by atoms with Gasteiger partial charge in [0.25, 0.3) is 0 Å². The van der Waals surface area contributed by atoms with Gasteiger partial charge >= 0.3 is 0 Å². The van der Waals surface area contributed by atoms with Crippen LogP contribution in [0.4, 0.5) is 5.95 Å². The van der Waals surface area contributed by atoms with E-state index in [0.717, 1.165) is 39.5 Å². The number of hydrogen-bond acceptors (Lipinski definition) is 5. The average molecular weight is 457 g/mol. The maximum absolute atomic E-state index is 6.63. The minimum Gasteiger partial charge on any atom is -0.497 e. The number of methoxy groups -OCH3 is 1. The van der Waals surface area contributed by atoms with Gasteiger partial charge in [-0.05, 0) is 48.4 Å². The molecular weight excluding hydrogens is 436 g/mol. The number of nitrogens with one attached hydrogen (secondary N) is 1. The van der Waals surface area contributed by atoms with E-state index >= 15 is 0 Å². The normalized spacial score (nSPS) is 18.5. The first-order valence-corrected chi connectivity index (χ1v) is 11.1. The fourth-order valence-corrected chi connectivity index (χ4v) is 4.74. The molecule has 0 fully saturated rings. The van der Waals surface area contributed by atoms with Crippen LogP contribution >= 0.6 is 11.6 Å². The van der Waals surface area contributed by atoms with Crippen molar-refractivity contribution in [3.05, 3.63) is 106 Å². The molecule has 0 unspecified atom stereocenters. The lowest BCUT2D eigenvalue weighted by atomic mass is 9.84. The minimum absolute atomic E-state index is 0.219. The van der Waals surface area contributed by atoms with Crippen LogP contribution in [0.2, 0.25) is 5.02 Å². The Morgan fingerprint density at radius 2 is 1.76 bits per heavy atom. The third-order valence-corrected chi connectivity index (χ3v) is 6.42. The molecule has 0 aliphatic carbocycles. The van der Waals surface area contributed by atoms with E-state index in [1.165, 1.54) is 5.56 Å². The van der Waals surface area contributed by atoms with E-state index in [-0.39, 0.29) is 12.1 Å². The van der Waals surface area contributed by atoms with E-state index in [4.69, 9.17) is 21.1 Å². The molecule has 164 valence electrons. The second-order valence-corrected chi connectivity index (χ2v) is 8.64. The molecule has 0 radical (unpaired) electrons. The summed E-state index contributed by atoms with van der Waals surface area (Å²) in [5.41, 5.74) is 6.24.